The third-order valence-corrected chi connectivity index (χ3v) is 4.05. The first kappa shape index (κ1) is 15.4. The van der Waals surface area contributed by atoms with E-state index in [9.17, 15) is 5.11 Å². The molecule has 1 aromatic heterocycles. The van der Waals surface area contributed by atoms with Crippen LogP contribution < -0.4 is 0 Å². The Morgan fingerprint density at radius 2 is 1.64 bits per heavy atom. The Balaban J connectivity index is 2.15. The van der Waals surface area contributed by atoms with E-state index in [1.807, 2.05) is 12.1 Å². The van der Waals surface area contributed by atoms with Crippen LogP contribution in [0.4, 0.5) is 0 Å². The molecule has 0 radical (unpaired) electrons. The van der Waals surface area contributed by atoms with Crippen LogP contribution in [0.25, 0.3) is 22.6 Å². The Hall–Kier alpha value is -1.52. The molecule has 1 N–H and O–H groups in total. The second-order valence-corrected chi connectivity index (χ2v) is 5.91. The van der Waals surface area contributed by atoms with Gasteiger partial charge in [0, 0.05) is 21.2 Å². The Morgan fingerprint density at radius 1 is 0.955 bits per heavy atom. The molecular formula is C16H10Cl3NO2. The van der Waals surface area contributed by atoms with Crippen molar-refractivity contribution < 1.29 is 9.63 Å². The van der Waals surface area contributed by atoms with Gasteiger partial charge >= 0.3 is 0 Å². The molecule has 0 unspecified atom stereocenters. The van der Waals surface area contributed by atoms with Gasteiger partial charge in [0.05, 0.1) is 17.2 Å². The first-order chi connectivity index (χ1) is 10.6. The van der Waals surface area contributed by atoms with Gasteiger partial charge in [-0.25, -0.2) is 0 Å². The number of hydrogen-bond donors (Lipinski definition) is 1. The maximum atomic E-state index is 9.72. The van der Waals surface area contributed by atoms with Crippen molar-refractivity contribution in [3.8, 4) is 22.6 Å². The fraction of sp³-hybridized carbons (Fsp3) is 0.0625. The monoisotopic (exact) mass is 353 g/mol. The van der Waals surface area contributed by atoms with Crippen LogP contribution in [0.15, 0.2) is 47.0 Å². The minimum Gasteiger partial charge on any atom is -0.391 e. The van der Waals surface area contributed by atoms with Crippen LogP contribution in [-0.4, -0.2) is 10.3 Å². The number of aromatic nitrogens is 1. The zero-order valence-corrected chi connectivity index (χ0v) is 13.5. The number of halogens is 3. The Kier molecular flexibility index (Phi) is 4.41. The number of aliphatic hydroxyl groups excluding tert-OH is 1. The average Bonchev–Trinajstić information content (AvgIpc) is 2.94. The molecule has 0 bridgehead atoms. The first-order valence-corrected chi connectivity index (χ1v) is 7.54. The lowest BCUT2D eigenvalue weighted by molar-refractivity contribution is 0.281. The summed E-state index contributed by atoms with van der Waals surface area (Å²) in [7, 11) is 0. The summed E-state index contributed by atoms with van der Waals surface area (Å²) < 4.78 is 5.41. The van der Waals surface area contributed by atoms with Crippen LogP contribution in [0.3, 0.4) is 0 Å². The van der Waals surface area contributed by atoms with Gasteiger partial charge in [-0.3, -0.25) is 0 Å². The van der Waals surface area contributed by atoms with Gasteiger partial charge in [0.2, 0.25) is 0 Å². The van der Waals surface area contributed by atoms with E-state index in [0.717, 1.165) is 5.56 Å². The smallest absolute Gasteiger partial charge is 0.174 e. The lowest BCUT2D eigenvalue weighted by Gasteiger charge is -2.04. The molecule has 22 heavy (non-hydrogen) atoms. The van der Waals surface area contributed by atoms with Crippen LogP contribution in [0, 0.1) is 0 Å². The van der Waals surface area contributed by atoms with Crippen LogP contribution in [0.2, 0.25) is 15.1 Å². The van der Waals surface area contributed by atoms with Crippen molar-refractivity contribution in [3.05, 3.63) is 63.1 Å². The lowest BCUT2D eigenvalue weighted by atomic mass is 10.0. The maximum Gasteiger partial charge on any atom is 0.174 e. The topological polar surface area (TPSA) is 46.3 Å². The van der Waals surface area contributed by atoms with Crippen LogP contribution in [-0.2, 0) is 6.61 Å². The molecule has 0 aliphatic carbocycles. The standard InChI is InChI=1S/C16H10Cl3NO2/c17-10-3-1-9(2-4-10)15-13(8-21)16(22-20-15)12-7-11(18)5-6-14(12)19/h1-7,21H,8H2. The van der Waals surface area contributed by atoms with E-state index in [1.165, 1.54) is 0 Å². The van der Waals surface area contributed by atoms with Gasteiger partial charge < -0.3 is 9.63 Å². The van der Waals surface area contributed by atoms with Crippen molar-refractivity contribution >= 4 is 34.8 Å². The summed E-state index contributed by atoms with van der Waals surface area (Å²) in [6.45, 7) is -0.236. The summed E-state index contributed by atoms with van der Waals surface area (Å²) in [4.78, 5) is 0. The minimum absolute atomic E-state index is 0.236. The summed E-state index contributed by atoms with van der Waals surface area (Å²) in [5, 5.41) is 15.4. The van der Waals surface area contributed by atoms with Crippen LogP contribution >= 0.6 is 34.8 Å². The van der Waals surface area contributed by atoms with E-state index < -0.39 is 0 Å². The maximum absolute atomic E-state index is 9.72. The fourth-order valence-corrected chi connectivity index (χ4v) is 2.68. The molecule has 0 aliphatic rings. The molecule has 0 saturated heterocycles. The molecule has 3 rings (SSSR count). The van der Waals surface area contributed by atoms with Crippen molar-refractivity contribution in [1.82, 2.24) is 5.16 Å². The molecule has 0 amide bonds. The summed E-state index contributed by atoms with van der Waals surface area (Å²) in [5.41, 5.74) is 2.48. The lowest BCUT2D eigenvalue weighted by Crippen LogP contribution is -1.89. The Morgan fingerprint density at radius 3 is 2.32 bits per heavy atom. The number of rotatable bonds is 3. The predicted octanol–water partition coefficient (Wildman–Crippen LogP) is 5.46. The number of aliphatic hydroxyl groups is 1. The average molecular weight is 355 g/mol. The van der Waals surface area contributed by atoms with Crippen molar-refractivity contribution in [3.63, 3.8) is 0 Å². The largest absolute Gasteiger partial charge is 0.391 e. The van der Waals surface area contributed by atoms with Gasteiger partial charge in [-0.05, 0) is 30.3 Å². The van der Waals surface area contributed by atoms with Crippen molar-refractivity contribution in [2.75, 3.05) is 0 Å². The molecule has 1 heterocycles. The van der Waals surface area contributed by atoms with Gasteiger partial charge in [-0.2, -0.15) is 0 Å². The quantitative estimate of drug-likeness (QED) is 0.679. The highest BCUT2D eigenvalue weighted by atomic mass is 35.5. The zero-order chi connectivity index (χ0) is 15.7. The fourth-order valence-electron chi connectivity index (χ4n) is 2.17. The number of hydrogen-bond acceptors (Lipinski definition) is 3. The first-order valence-electron chi connectivity index (χ1n) is 6.41. The molecule has 112 valence electrons. The molecule has 3 aromatic rings. The van der Waals surface area contributed by atoms with Crippen molar-refractivity contribution in [1.29, 1.82) is 0 Å². The van der Waals surface area contributed by atoms with Gasteiger partial charge in [0.25, 0.3) is 0 Å². The Bertz CT molecular complexity index is 813. The van der Waals surface area contributed by atoms with Crippen molar-refractivity contribution in [2.24, 2.45) is 0 Å². The van der Waals surface area contributed by atoms with E-state index in [0.29, 0.717) is 37.6 Å². The van der Waals surface area contributed by atoms with Crippen molar-refractivity contribution in [2.45, 2.75) is 6.61 Å². The van der Waals surface area contributed by atoms with E-state index in [4.69, 9.17) is 39.3 Å². The van der Waals surface area contributed by atoms with Gasteiger partial charge in [0.1, 0.15) is 5.69 Å². The second-order valence-electron chi connectivity index (χ2n) is 4.63. The van der Waals surface area contributed by atoms with E-state index in [1.54, 1.807) is 30.3 Å². The molecular weight excluding hydrogens is 345 g/mol. The van der Waals surface area contributed by atoms with E-state index >= 15 is 0 Å². The highest BCUT2D eigenvalue weighted by Gasteiger charge is 2.20. The second kappa shape index (κ2) is 6.31. The number of benzene rings is 2. The third-order valence-electron chi connectivity index (χ3n) is 3.24. The molecule has 0 fully saturated rings. The summed E-state index contributed by atoms with van der Waals surface area (Å²) in [5.74, 6) is 0.403. The van der Waals surface area contributed by atoms with Gasteiger partial charge in [0.15, 0.2) is 5.76 Å². The summed E-state index contributed by atoms with van der Waals surface area (Å²) in [6, 6.07) is 12.1. The normalized spacial score (nSPS) is 10.9. The molecule has 0 aliphatic heterocycles. The molecule has 2 aromatic carbocycles. The van der Waals surface area contributed by atoms with Gasteiger partial charge in [-0.1, -0.05) is 52.1 Å². The third kappa shape index (κ3) is 2.85. The van der Waals surface area contributed by atoms with E-state index in [2.05, 4.69) is 5.16 Å². The summed E-state index contributed by atoms with van der Waals surface area (Å²) >= 11 is 18.1. The predicted molar refractivity (Wildman–Crippen MR) is 88.3 cm³/mol. The number of nitrogens with zero attached hydrogens (tertiary/aromatic N) is 1. The molecule has 0 atom stereocenters. The highest BCUT2D eigenvalue weighted by Crippen LogP contribution is 2.37. The molecule has 0 spiro atoms. The van der Waals surface area contributed by atoms with E-state index in [-0.39, 0.29) is 6.61 Å². The molecule has 3 nitrogen and oxygen atoms in total. The highest BCUT2D eigenvalue weighted by molar-refractivity contribution is 6.35. The molecule has 6 heteroatoms. The summed E-state index contributed by atoms with van der Waals surface area (Å²) in [6.07, 6.45) is 0. The minimum atomic E-state index is -0.236. The SMILES string of the molecule is OCc1c(-c2ccc(Cl)cc2)noc1-c1cc(Cl)ccc1Cl. The van der Waals surface area contributed by atoms with Crippen LogP contribution in [0.1, 0.15) is 5.56 Å². The van der Waals surface area contributed by atoms with Gasteiger partial charge in [-0.15, -0.1) is 0 Å². The molecule has 0 saturated carbocycles. The van der Waals surface area contributed by atoms with Crippen LogP contribution in [0.5, 0.6) is 0 Å². The zero-order valence-electron chi connectivity index (χ0n) is 11.2. The Labute approximate surface area is 142 Å².